The normalized spacial score (nSPS) is 11.2. The fraction of sp³-hybridized carbons (Fsp3) is 0.381. The molecule has 0 spiro atoms. The first-order chi connectivity index (χ1) is 13.7. The topological polar surface area (TPSA) is 90.9 Å². The first kappa shape index (κ1) is 22.5. The Morgan fingerprint density at radius 2 is 1.48 bits per heavy atom. The molecule has 2 aromatic rings. The lowest BCUT2D eigenvalue weighted by Gasteiger charge is -2.14. The smallest absolute Gasteiger partial charge is 0.224 e. The predicted molar refractivity (Wildman–Crippen MR) is 110 cm³/mol. The van der Waals surface area contributed by atoms with Crippen LogP contribution in [0.1, 0.15) is 25.0 Å². The Hall–Kier alpha value is -2.74. The Labute approximate surface area is 171 Å². The third-order valence-corrected chi connectivity index (χ3v) is 6.62. The standard InChI is InChI=1S/C21H27NO6S/c1-14(2)29(24,25)17-8-6-15(7-9-17)12-20(23)22-13-16-10-18(26-3)21(28-5)19(11-16)27-4/h6-11,14H,12-13H2,1-5H3,(H,22,23). The number of sulfone groups is 1. The molecule has 8 heteroatoms. The Morgan fingerprint density at radius 3 is 1.93 bits per heavy atom. The molecule has 1 N–H and O–H groups in total. The van der Waals surface area contributed by atoms with Gasteiger partial charge in [0, 0.05) is 6.54 Å². The van der Waals surface area contributed by atoms with E-state index in [0.717, 1.165) is 11.1 Å². The highest BCUT2D eigenvalue weighted by molar-refractivity contribution is 7.92. The SMILES string of the molecule is COc1cc(CNC(=O)Cc2ccc(S(=O)(=O)C(C)C)cc2)cc(OC)c1OC. The molecule has 2 aromatic carbocycles. The molecule has 0 radical (unpaired) electrons. The molecule has 0 aliphatic carbocycles. The summed E-state index contributed by atoms with van der Waals surface area (Å²) < 4.78 is 40.2. The average Bonchev–Trinajstić information content (AvgIpc) is 2.71. The minimum atomic E-state index is -3.32. The van der Waals surface area contributed by atoms with E-state index >= 15 is 0 Å². The van der Waals surface area contributed by atoms with E-state index in [9.17, 15) is 13.2 Å². The lowest BCUT2D eigenvalue weighted by atomic mass is 10.1. The highest BCUT2D eigenvalue weighted by Crippen LogP contribution is 2.38. The third kappa shape index (κ3) is 5.41. The molecule has 29 heavy (non-hydrogen) atoms. The van der Waals surface area contributed by atoms with E-state index in [4.69, 9.17) is 14.2 Å². The van der Waals surface area contributed by atoms with Gasteiger partial charge in [0.05, 0.1) is 37.9 Å². The molecule has 0 fully saturated rings. The van der Waals surface area contributed by atoms with Crippen LogP contribution in [0.4, 0.5) is 0 Å². The molecule has 0 saturated carbocycles. The molecule has 0 saturated heterocycles. The lowest BCUT2D eigenvalue weighted by Crippen LogP contribution is -2.24. The number of benzene rings is 2. The molecule has 1 amide bonds. The maximum absolute atomic E-state index is 12.3. The van der Waals surface area contributed by atoms with Gasteiger partial charge < -0.3 is 19.5 Å². The van der Waals surface area contributed by atoms with Crippen molar-refractivity contribution in [1.82, 2.24) is 5.32 Å². The van der Waals surface area contributed by atoms with Crippen LogP contribution in [0.2, 0.25) is 0 Å². The summed E-state index contributed by atoms with van der Waals surface area (Å²) in [6, 6.07) is 9.94. The maximum Gasteiger partial charge on any atom is 0.224 e. The van der Waals surface area contributed by atoms with Crippen LogP contribution in [-0.2, 0) is 27.6 Å². The van der Waals surface area contributed by atoms with Crippen molar-refractivity contribution in [3.63, 3.8) is 0 Å². The number of rotatable bonds is 9. The molecule has 0 aromatic heterocycles. The van der Waals surface area contributed by atoms with Crippen LogP contribution in [0.3, 0.4) is 0 Å². The van der Waals surface area contributed by atoms with Gasteiger partial charge in [-0.2, -0.15) is 0 Å². The van der Waals surface area contributed by atoms with E-state index in [0.29, 0.717) is 17.2 Å². The summed E-state index contributed by atoms with van der Waals surface area (Å²) in [4.78, 5) is 12.5. The molecule has 158 valence electrons. The fourth-order valence-corrected chi connectivity index (χ4v) is 3.81. The van der Waals surface area contributed by atoms with Crippen molar-refractivity contribution in [2.75, 3.05) is 21.3 Å². The minimum Gasteiger partial charge on any atom is -0.493 e. The molecule has 0 aliphatic heterocycles. The summed E-state index contributed by atoms with van der Waals surface area (Å²) in [6.07, 6.45) is 0.145. The Morgan fingerprint density at radius 1 is 0.931 bits per heavy atom. The number of amides is 1. The fourth-order valence-electron chi connectivity index (χ4n) is 2.76. The van der Waals surface area contributed by atoms with Crippen LogP contribution in [0, 0.1) is 0 Å². The second-order valence-corrected chi connectivity index (χ2v) is 9.23. The van der Waals surface area contributed by atoms with Gasteiger partial charge in [0.2, 0.25) is 11.7 Å². The van der Waals surface area contributed by atoms with Crippen LogP contribution in [-0.4, -0.2) is 40.9 Å². The summed E-state index contributed by atoms with van der Waals surface area (Å²) in [5, 5.41) is 2.35. The van der Waals surface area contributed by atoms with Crippen LogP contribution in [0.15, 0.2) is 41.3 Å². The average molecular weight is 422 g/mol. The summed E-state index contributed by atoms with van der Waals surface area (Å²) >= 11 is 0. The number of methoxy groups -OCH3 is 3. The van der Waals surface area contributed by atoms with Crippen molar-refractivity contribution in [1.29, 1.82) is 0 Å². The highest BCUT2D eigenvalue weighted by atomic mass is 32.2. The number of carbonyl (C=O) groups is 1. The zero-order chi connectivity index (χ0) is 21.6. The number of nitrogens with one attached hydrogen (secondary N) is 1. The van der Waals surface area contributed by atoms with Gasteiger partial charge in [-0.25, -0.2) is 8.42 Å². The molecule has 0 aliphatic rings. The largest absolute Gasteiger partial charge is 0.493 e. The molecular weight excluding hydrogens is 394 g/mol. The van der Waals surface area contributed by atoms with E-state index in [1.807, 2.05) is 0 Å². The number of hydrogen-bond acceptors (Lipinski definition) is 6. The monoisotopic (exact) mass is 421 g/mol. The first-order valence-electron chi connectivity index (χ1n) is 9.11. The first-order valence-corrected chi connectivity index (χ1v) is 10.7. The summed E-state index contributed by atoms with van der Waals surface area (Å²) in [5.74, 6) is 1.33. The van der Waals surface area contributed by atoms with Crippen molar-refractivity contribution in [2.45, 2.75) is 37.0 Å². The second-order valence-electron chi connectivity index (χ2n) is 6.72. The van der Waals surface area contributed by atoms with Crippen LogP contribution in [0.5, 0.6) is 17.2 Å². The molecule has 2 rings (SSSR count). The quantitative estimate of drug-likeness (QED) is 0.670. The second kappa shape index (κ2) is 9.65. The Balaban J connectivity index is 2.03. The molecule has 7 nitrogen and oxygen atoms in total. The van der Waals surface area contributed by atoms with Gasteiger partial charge in [-0.15, -0.1) is 0 Å². The zero-order valence-corrected chi connectivity index (χ0v) is 18.1. The van der Waals surface area contributed by atoms with Gasteiger partial charge in [0.15, 0.2) is 21.3 Å². The van der Waals surface area contributed by atoms with Gasteiger partial charge in [-0.1, -0.05) is 12.1 Å². The minimum absolute atomic E-state index is 0.145. The van der Waals surface area contributed by atoms with Gasteiger partial charge in [-0.05, 0) is 49.2 Å². The van der Waals surface area contributed by atoms with Gasteiger partial charge >= 0.3 is 0 Å². The highest BCUT2D eigenvalue weighted by Gasteiger charge is 2.19. The van der Waals surface area contributed by atoms with Crippen molar-refractivity contribution in [3.8, 4) is 17.2 Å². The number of hydrogen-bond donors (Lipinski definition) is 1. The summed E-state index contributed by atoms with van der Waals surface area (Å²) in [6.45, 7) is 3.56. The molecule has 0 bridgehead atoms. The zero-order valence-electron chi connectivity index (χ0n) is 17.3. The van der Waals surface area contributed by atoms with Gasteiger partial charge in [0.1, 0.15) is 0 Å². The van der Waals surface area contributed by atoms with Crippen LogP contribution < -0.4 is 19.5 Å². The molecular formula is C21H27NO6S. The molecule has 0 unspecified atom stereocenters. The molecule has 0 heterocycles. The van der Waals surface area contributed by atoms with E-state index in [1.165, 1.54) is 33.5 Å². The van der Waals surface area contributed by atoms with Crippen molar-refractivity contribution < 1.29 is 27.4 Å². The van der Waals surface area contributed by atoms with Crippen LogP contribution >= 0.6 is 0 Å². The van der Waals surface area contributed by atoms with Crippen LogP contribution in [0.25, 0.3) is 0 Å². The third-order valence-electron chi connectivity index (χ3n) is 4.45. The maximum atomic E-state index is 12.3. The predicted octanol–water partition coefficient (Wildman–Crippen LogP) is 2.75. The summed E-state index contributed by atoms with van der Waals surface area (Å²) in [5.41, 5.74) is 1.53. The van der Waals surface area contributed by atoms with Gasteiger partial charge in [0.25, 0.3) is 0 Å². The van der Waals surface area contributed by atoms with E-state index in [-0.39, 0.29) is 23.8 Å². The van der Waals surface area contributed by atoms with Crippen molar-refractivity contribution in [2.24, 2.45) is 0 Å². The number of ether oxygens (including phenoxy) is 3. The lowest BCUT2D eigenvalue weighted by molar-refractivity contribution is -0.120. The van der Waals surface area contributed by atoms with Crippen molar-refractivity contribution in [3.05, 3.63) is 47.5 Å². The number of carbonyl (C=O) groups excluding carboxylic acids is 1. The van der Waals surface area contributed by atoms with Gasteiger partial charge in [-0.3, -0.25) is 4.79 Å². The van der Waals surface area contributed by atoms with E-state index < -0.39 is 15.1 Å². The Bertz CT molecular complexity index is 927. The summed E-state index contributed by atoms with van der Waals surface area (Å²) in [7, 11) is 1.27. The van der Waals surface area contributed by atoms with E-state index in [2.05, 4.69) is 5.32 Å². The van der Waals surface area contributed by atoms with E-state index in [1.54, 1.807) is 38.1 Å². The Kier molecular flexibility index (Phi) is 7.50. The van der Waals surface area contributed by atoms with Crippen molar-refractivity contribution >= 4 is 15.7 Å². The molecule has 0 atom stereocenters.